The minimum atomic E-state index is -5.22. The van der Waals surface area contributed by atoms with Gasteiger partial charge in [0.1, 0.15) is 26.1 Å². The van der Waals surface area contributed by atoms with E-state index in [-0.39, 0.29) is 22.9 Å². The molecule has 0 amide bonds. The third-order valence-electron chi connectivity index (χ3n) is 7.90. The van der Waals surface area contributed by atoms with Gasteiger partial charge in [0.2, 0.25) is 5.78 Å². The highest BCUT2D eigenvalue weighted by Crippen LogP contribution is 2.41. The van der Waals surface area contributed by atoms with Crippen LogP contribution in [0, 0.1) is 0 Å². The molecule has 0 aliphatic heterocycles. The molecule has 0 bridgehead atoms. The maximum atomic E-state index is 13.7. The molecule has 23 heteroatoms. The van der Waals surface area contributed by atoms with E-state index in [1.54, 1.807) is 42.5 Å². The number of nitrogens with two attached hydrogens (primary N) is 2. The Labute approximate surface area is 323 Å². The number of rotatable bonds is 11. The Balaban J connectivity index is 1.33. The first-order chi connectivity index (χ1) is 26.8. The van der Waals surface area contributed by atoms with Gasteiger partial charge >= 0.3 is 0 Å². The molecule has 0 saturated carbocycles. The zero-order valence-electron chi connectivity index (χ0n) is 28.6. The Hall–Kier alpha value is -6.89. The molecule has 10 N–H and O–H groups in total. The molecule has 2 aliphatic rings. The summed E-state index contributed by atoms with van der Waals surface area (Å²) in [7, 11) is -15.3. The van der Waals surface area contributed by atoms with Crippen molar-refractivity contribution in [3.8, 4) is 0 Å². The van der Waals surface area contributed by atoms with Crippen molar-refractivity contribution < 1.29 is 48.5 Å². The Morgan fingerprint density at radius 1 is 0.632 bits per heavy atom. The number of allylic oxidation sites excluding steroid dienone is 4. The zero-order valence-corrected chi connectivity index (χ0v) is 31.0. The average Bonchev–Trinajstić information content (AvgIpc) is 3.13. The molecule has 0 spiro atoms. The van der Waals surface area contributed by atoms with Crippen molar-refractivity contribution >= 4 is 99.2 Å². The molecule has 6 rings (SSSR count). The van der Waals surface area contributed by atoms with Crippen LogP contribution in [0.25, 0.3) is 6.08 Å². The molecular formula is C34H27N9O11S3. The molecule has 0 atom stereocenters. The lowest BCUT2D eigenvalue weighted by atomic mass is 9.92. The predicted molar refractivity (Wildman–Crippen MR) is 210 cm³/mol. The van der Waals surface area contributed by atoms with Crippen LogP contribution in [0.5, 0.6) is 0 Å². The Bertz CT molecular complexity index is 2890. The number of hydrogen-bond acceptors (Lipinski definition) is 17. The van der Waals surface area contributed by atoms with Gasteiger partial charge in [0.15, 0.2) is 11.5 Å². The number of nitrogen functional groups attached to an aromatic ring is 1. The fourth-order valence-electron chi connectivity index (χ4n) is 5.27. The van der Waals surface area contributed by atoms with Gasteiger partial charge in [-0.15, -0.1) is 5.11 Å². The number of benzene rings is 4. The topological polar surface area (TPSA) is 335 Å². The van der Waals surface area contributed by atoms with Gasteiger partial charge in [-0.05, 0) is 84.5 Å². The third kappa shape index (κ3) is 8.99. The fourth-order valence-corrected chi connectivity index (χ4v) is 7.27. The summed E-state index contributed by atoms with van der Waals surface area (Å²) < 4.78 is 104. The molecule has 2 aliphatic carbocycles. The standard InChI is InChI=1S/C34H27N9O11S3/c35-24-17-23(44)11-13-25(24)41-38-21-8-6-19(7-9-21)37-26-12-10-22(16-27(26)55(46,47)48)40-42-32-28(56(49,50)51)14-18-15-29(57(52,53)54)33(34(45)30(18)31(32)36)43-39-20-4-2-1-3-5-20/h1-17,37-39H,35-36H2,(H,46,47,48)(H,49,50,51)(H,52,53,54)/b41-25-,42-40?,43-33-. The number of ketones is 2. The first-order valence-corrected chi connectivity index (χ1v) is 20.1. The summed E-state index contributed by atoms with van der Waals surface area (Å²) in [5, 5.41) is 18.4. The monoisotopic (exact) mass is 833 g/mol. The van der Waals surface area contributed by atoms with Crippen molar-refractivity contribution in [1.29, 1.82) is 0 Å². The summed E-state index contributed by atoms with van der Waals surface area (Å²) >= 11 is 0. The van der Waals surface area contributed by atoms with E-state index < -0.39 is 79.0 Å². The number of hydrogen-bond donors (Lipinski definition) is 8. The molecular weight excluding hydrogens is 807 g/mol. The second kappa shape index (κ2) is 15.3. The van der Waals surface area contributed by atoms with Gasteiger partial charge in [-0.25, -0.2) is 0 Å². The number of fused-ring (bicyclic) bond motifs is 1. The van der Waals surface area contributed by atoms with Crippen molar-refractivity contribution in [3.63, 3.8) is 0 Å². The van der Waals surface area contributed by atoms with Gasteiger partial charge in [0.05, 0.1) is 39.7 Å². The number of Topliss-reactive ketones (excluding diaryl/α,β-unsaturated/α-hetero) is 1. The van der Waals surface area contributed by atoms with E-state index in [1.165, 1.54) is 42.5 Å². The van der Waals surface area contributed by atoms with Gasteiger partial charge < -0.3 is 16.8 Å². The first kappa shape index (κ1) is 39.8. The van der Waals surface area contributed by atoms with Crippen LogP contribution >= 0.6 is 0 Å². The van der Waals surface area contributed by atoms with Crippen LogP contribution in [0.3, 0.4) is 0 Å². The smallest absolute Gasteiger partial charge is 0.296 e. The Morgan fingerprint density at radius 2 is 1.26 bits per heavy atom. The first-order valence-electron chi connectivity index (χ1n) is 15.8. The molecule has 0 radical (unpaired) electrons. The van der Waals surface area contributed by atoms with Crippen LogP contribution in [-0.4, -0.2) is 61.9 Å². The van der Waals surface area contributed by atoms with E-state index in [4.69, 9.17) is 11.5 Å². The molecule has 0 saturated heterocycles. The summed E-state index contributed by atoms with van der Waals surface area (Å²) in [6, 6.07) is 18.2. The minimum Gasteiger partial charge on any atom is -0.397 e. The summed E-state index contributed by atoms with van der Waals surface area (Å²) in [4.78, 5) is 22.4. The summed E-state index contributed by atoms with van der Waals surface area (Å²) in [5.41, 5.74) is 15.2. The molecule has 292 valence electrons. The number of anilines is 5. The van der Waals surface area contributed by atoms with Crippen molar-refractivity contribution in [3.05, 3.63) is 119 Å². The predicted octanol–water partition coefficient (Wildman–Crippen LogP) is 4.56. The van der Waals surface area contributed by atoms with E-state index in [9.17, 15) is 48.5 Å². The maximum absolute atomic E-state index is 13.7. The molecule has 0 unspecified atom stereocenters. The van der Waals surface area contributed by atoms with Gasteiger partial charge in [-0.2, -0.15) is 40.6 Å². The van der Waals surface area contributed by atoms with E-state index in [0.717, 1.165) is 12.1 Å². The highest BCUT2D eigenvalue weighted by Gasteiger charge is 2.37. The van der Waals surface area contributed by atoms with Crippen molar-refractivity contribution in [1.82, 2.24) is 0 Å². The van der Waals surface area contributed by atoms with Crippen molar-refractivity contribution in [2.45, 2.75) is 9.79 Å². The van der Waals surface area contributed by atoms with Gasteiger partial charge in [0.25, 0.3) is 30.4 Å². The number of carbonyl (C=O) groups is 2. The molecule has 20 nitrogen and oxygen atoms in total. The SMILES string of the molecule is NC1=CC(=O)C=C/C1=N/Nc1ccc(Nc2ccc(N=Nc3c(S(=O)(=O)O)cc4c(c3N)C(=O)/C(=N\Nc3ccccc3)C(S(=O)(=O)O)=C4)cc2S(=O)(=O)O)cc1. The van der Waals surface area contributed by atoms with Gasteiger partial charge in [0, 0.05) is 11.8 Å². The number of para-hydroxylation sites is 1. The van der Waals surface area contributed by atoms with Crippen molar-refractivity contribution in [2.75, 3.05) is 21.9 Å². The molecule has 0 aromatic heterocycles. The molecule has 0 heterocycles. The molecule has 57 heavy (non-hydrogen) atoms. The van der Waals surface area contributed by atoms with E-state index in [2.05, 4.69) is 36.6 Å². The van der Waals surface area contributed by atoms with Crippen LogP contribution < -0.4 is 27.6 Å². The van der Waals surface area contributed by atoms with E-state index >= 15 is 0 Å². The van der Waals surface area contributed by atoms with Crippen molar-refractivity contribution in [2.24, 2.45) is 26.2 Å². The summed E-state index contributed by atoms with van der Waals surface area (Å²) in [5.74, 6) is -1.47. The number of carbonyl (C=O) groups excluding carboxylic acids is 2. The Kier molecular flexibility index (Phi) is 10.7. The van der Waals surface area contributed by atoms with E-state index in [0.29, 0.717) is 28.8 Å². The molecule has 0 fully saturated rings. The number of nitrogens with one attached hydrogen (secondary N) is 3. The normalized spacial score (nSPS) is 16.1. The van der Waals surface area contributed by atoms with Crippen LogP contribution in [0.4, 0.5) is 39.8 Å². The Morgan fingerprint density at radius 3 is 1.89 bits per heavy atom. The molecule has 4 aromatic carbocycles. The van der Waals surface area contributed by atoms with E-state index in [1.807, 2.05) is 0 Å². The van der Waals surface area contributed by atoms with Crippen LogP contribution in [-0.2, 0) is 35.1 Å². The number of hydrazone groups is 2. The minimum absolute atomic E-state index is 0.123. The largest absolute Gasteiger partial charge is 0.397 e. The summed E-state index contributed by atoms with van der Waals surface area (Å²) in [6.07, 6.45) is 4.68. The van der Waals surface area contributed by atoms with Crippen LogP contribution in [0.2, 0.25) is 0 Å². The van der Waals surface area contributed by atoms with Gasteiger partial charge in [-0.3, -0.25) is 34.1 Å². The number of azo groups is 1. The summed E-state index contributed by atoms with van der Waals surface area (Å²) in [6.45, 7) is 0. The lowest BCUT2D eigenvalue weighted by molar-refractivity contribution is -0.110. The quantitative estimate of drug-likeness (QED) is 0.0337. The highest BCUT2D eigenvalue weighted by molar-refractivity contribution is 7.91. The van der Waals surface area contributed by atoms with Crippen LogP contribution in [0.1, 0.15) is 15.9 Å². The maximum Gasteiger partial charge on any atom is 0.296 e. The number of nitrogens with zero attached hydrogens (tertiary/aromatic N) is 4. The third-order valence-corrected chi connectivity index (χ3v) is 10.5. The highest BCUT2D eigenvalue weighted by atomic mass is 32.2. The zero-order chi connectivity index (χ0) is 41.3. The second-order valence-corrected chi connectivity index (χ2v) is 16.0. The fraction of sp³-hybridized carbons (Fsp3) is 0. The average molecular weight is 834 g/mol. The van der Waals surface area contributed by atoms with Gasteiger partial charge in [-0.1, -0.05) is 18.2 Å². The second-order valence-electron chi connectivity index (χ2n) is 11.8. The van der Waals surface area contributed by atoms with Crippen LogP contribution in [0.15, 0.2) is 138 Å². The molecule has 4 aromatic rings. The lowest BCUT2D eigenvalue weighted by Gasteiger charge is -2.20. The lowest BCUT2D eigenvalue weighted by Crippen LogP contribution is -2.28.